The minimum atomic E-state index is -0.462. The van der Waals surface area contributed by atoms with Crippen molar-refractivity contribution in [2.24, 2.45) is 5.92 Å². The standard InChI is InChI=1S/C22H26N2O4/c1-2-14-6-5-9-17-18(11-23-21(14)17)19(25)13-28-22(27)15-10-20(26)24(12-15)16-7-3-4-8-16/h5-6,9,11,15-16,23H,2-4,7-8,10,12-13H2,1H3/t15-/m1/s1. The third-order valence-electron chi connectivity index (χ3n) is 6.09. The van der Waals surface area contributed by atoms with E-state index in [4.69, 9.17) is 4.74 Å². The Morgan fingerprint density at radius 3 is 2.79 bits per heavy atom. The van der Waals surface area contributed by atoms with E-state index in [1.165, 1.54) is 0 Å². The minimum Gasteiger partial charge on any atom is -0.457 e. The van der Waals surface area contributed by atoms with Crippen molar-refractivity contribution in [2.75, 3.05) is 13.2 Å². The third kappa shape index (κ3) is 3.43. The number of nitrogens with one attached hydrogen (secondary N) is 1. The predicted molar refractivity (Wildman–Crippen MR) is 105 cm³/mol. The molecule has 1 aliphatic heterocycles. The number of Topliss-reactive ketones (excluding diaryl/α,β-unsaturated/α-hetero) is 1. The molecule has 28 heavy (non-hydrogen) atoms. The van der Waals surface area contributed by atoms with Crippen molar-refractivity contribution in [3.05, 3.63) is 35.5 Å². The zero-order valence-electron chi connectivity index (χ0n) is 16.2. The molecule has 2 fully saturated rings. The summed E-state index contributed by atoms with van der Waals surface area (Å²) in [5, 5.41) is 0.851. The van der Waals surface area contributed by atoms with Crippen molar-refractivity contribution in [1.82, 2.24) is 9.88 Å². The van der Waals surface area contributed by atoms with E-state index in [1.807, 2.05) is 23.1 Å². The lowest BCUT2D eigenvalue weighted by atomic mass is 10.1. The largest absolute Gasteiger partial charge is 0.457 e. The third-order valence-corrected chi connectivity index (χ3v) is 6.09. The summed E-state index contributed by atoms with van der Waals surface area (Å²) in [4.78, 5) is 42.3. The summed E-state index contributed by atoms with van der Waals surface area (Å²) in [7, 11) is 0. The highest BCUT2D eigenvalue weighted by Crippen LogP contribution is 2.30. The van der Waals surface area contributed by atoms with E-state index in [0.717, 1.165) is 48.6 Å². The number of H-pyrrole nitrogens is 1. The van der Waals surface area contributed by atoms with Gasteiger partial charge in [0.05, 0.1) is 5.92 Å². The molecule has 2 heterocycles. The number of hydrogen-bond acceptors (Lipinski definition) is 4. The molecule has 2 aliphatic rings. The summed E-state index contributed by atoms with van der Waals surface area (Å²) in [6, 6.07) is 6.13. The van der Waals surface area contributed by atoms with Crippen molar-refractivity contribution in [3.63, 3.8) is 0 Å². The number of fused-ring (bicyclic) bond motifs is 1. The number of benzene rings is 1. The maximum Gasteiger partial charge on any atom is 0.311 e. The van der Waals surface area contributed by atoms with Gasteiger partial charge < -0.3 is 14.6 Å². The molecular formula is C22H26N2O4. The SMILES string of the molecule is CCc1cccc2c(C(=O)COC(=O)[C@@H]3CC(=O)N(C4CCCC4)C3)c[nH]c12. The number of aromatic nitrogens is 1. The number of hydrogen-bond donors (Lipinski definition) is 1. The first-order valence-corrected chi connectivity index (χ1v) is 10.2. The number of amides is 1. The normalized spacial score (nSPS) is 20.2. The molecule has 6 heteroatoms. The van der Waals surface area contributed by atoms with E-state index in [1.54, 1.807) is 6.20 Å². The van der Waals surface area contributed by atoms with Crippen LogP contribution in [0, 0.1) is 5.92 Å². The van der Waals surface area contributed by atoms with Gasteiger partial charge in [0.15, 0.2) is 6.61 Å². The molecule has 1 aliphatic carbocycles. The van der Waals surface area contributed by atoms with Gasteiger partial charge in [0.1, 0.15) is 0 Å². The first kappa shape index (κ1) is 18.7. The zero-order chi connectivity index (χ0) is 19.7. The second-order valence-corrected chi connectivity index (χ2v) is 7.81. The highest BCUT2D eigenvalue weighted by atomic mass is 16.5. The molecule has 2 aromatic rings. The van der Waals surface area contributed by atoms with Gasteiger partial charge in [-0.15, -0.1) is 0 Å². The second-order valence-electron chi connectivity index (χ2n) is 7.81. The summed E-state index contributed by atoms with van der Waals surface area (Å²) in [6.07, 6.45) is 7.06. The van der Waals surface area contributed by atoms with Crippen molar-refractivity contribution < 1.29 is 19.1 Å². The molecule has 1 aromatic heterocycles. The Bertz CT molecular complexity index is 910. The maximum absolute atomic E-state index is 12.6. The van der Waals surface area contributed by atoms with Crippen LogP contribution in [0.3, 0.4) is 0 Å². The van der Waals surface area contributed by atoms with Crippen LogP contribution in [0.15, 0.2) is 24.4 Å². The summed E-state index contributed by atoms with van der Waals surface area (Å²) < 4.78 is 5.30. The Morgan fingerprint density at radius 1 is 1.25 bits per heavy atom. The van der Waals surface area contributed by atoms with Gasteiger partial charge >= 0.3 is 5.97 Å². The van der Waals surface area contributed by atoms with E-state index in [9.17, 15) is 14.4 Å². The van der Waals surface area contributed by atoms with Gasteiger partial charge in [-0.3, -0.25) is 14.4 Å². The van der Waals surface area contributed by atoms with Crippen molar-refractivity contribution in [3.8, 4) is 0 Å². The number of aromatic amines is 1. The minimum absolute atomic E-state index is 0.0314. The first-order chi connectivity index (χ1) is 13.6. The maximum atomic E-state index is 12.6. The average molecular weight is 382 g/mol. The number of ether oxygens (including phenoxy) is 1. The second kappa shape index (κ2) is 7.78. The molecule has 1 atom stereocenters. The van der Waals surface area contributed by atoms with Gasteiger partial charge in [0.25, 0.3) is 0 Å². The van der Waals surface area contributed by atoms with Crippen LogP contribution in [-0.4, -0.2) is 46.7 Å². The van der Waals surface area contributed by atoms with Crippen LogP contribution in [0.25, 0.3) is 10.9 Å². The van der Waals surface area contributed by atoms with Crippen LogP contribution in [0.1, 0.15) is 54.9 Å². The Balaban J connectivity index is 1.37. The van der Waals surface area contributed by atoms with Gasteiger partial charge in [-0.05, 0) is 24.8 Å². The fourth-order valence-electron chi connectivity index (χ4n) is 4.53. The topological polar surface area (TPSA) is 79.5 Å². The Hall–Kier alpha value is -2.63. The summed E-state index contributed by atoms with van der Waals surface area (Å²) >= 11 is 0. The van der Waals surface area contributed by atoms with Crippen LogP contribution < -0.4 is 0 Å². The number of carbonyl (C=O) groups is 3. The van der Waals surface area contributed by atoms with Gasteiger partial charge in [-0.1, -0.05) is 38.0 Å². The smallest absolute Gasteiger partial charge is 0.311 e. The van der Waals surface area contributed by atoms with Gasteiger partial charge in [-0.25, -0.2) is 0 Å². The Kier molecular flexibility index (Phi) is 5.20. The number of rotatable bonds is 6. The lowest BCUT2D eigenvalue weighted by Gasteiger charge is -2.23. The average Bonchev–Trinajstić information content (AvgIpc) is 3.44. The number of aryl methyl sites for hydroxylation is 1. The number of carbonyl (C=O) groups excluding carboxylic acids is 3. The molecule has 1 aromatic carbocycles. The van der Waals surface area contributed by atoms with E-state index in [-0.39, 0.29) is 30.8 Å². The van der Waals surface area contributed by atoms with E-state index in [0.29, 0.717) is 12.1 Å². The molecule has 0 spiro atoms. The van der Waals surface area contributed by atoms with Crippen LogP contribution in [-0.2, 0) is 20.7 Å². The van der Waals surface area contributed by atoms with Crippen LogP contribution >= 0.6 is 0 Å². The highest BCUT2D eigenvalue weighted by Gasteiger charge is 2.39. The fourth-order valence-corrected chi connectivity index (χ4v) is 4.53. The quantitative estimate of drug-likeness (QED) is 0.614. The molecule has 0 unspecified atom stereocenters. The molecule has 0 radical (unpaired) electrons. The number of para-hydroxylation sites is 1. The number of ketones is 1. The predicted octanol–water partition coefficient (Wildman–Crippen LogP) is 3.25. The summed E-state index contributed by atoms with van der Waals surface area (Å²) in [5.74, 6) is -1.11. The summed E-state index contributed by atoms with van der Waals surface area (Å²) in [6.45, 7) is 2.19. The molecule has 148 valence electrons. The van der Waals surface area contributed by atoms with Crippen molar-refractivity contribution >= 4 is 28.6 Å². The van der Waals surface area contributed by atoms with Crippen LogP contribution in [0.4, 0.5) is 0 Å². The van der Waals surface area contributed by atoms with E-state index >= 15 is 0 Å². The number of esters is 1. The molecule has 1 amide bonds. The zero-order valence-corrected chi connectivity index (χ0v) is 16.2. The molecular weight excluding hydrogens is 356 g/mol. The molecule has 0 bridgehead atoms. The number of likely N-dealkylation sites (tertiary alicyclic amines) is 1. The lowest BCUT2D eigenvalue weighted by Crippen LogP contribution is -2.35. The van der Waals surface area contributed by atoms with E-state index < -0.39 is 11.9 Å². The van der Waals surface area contributed by atoms with Gasteiger partial charge in [0.2, 0.25) is 11.7 Å². The van der Waals surface area contributed by atoms with Gasteiger partial charge in [-0.2, -0.15) is 0 Å². The Morgan fingerprint density at radius 2 is 2.04 bits per heavy atom. The van der Waals surface area contributed by atoms with Crippen molar-refractivity contribution in [1.29, 1.82) is 0 Å². The molecule has 1 saturated carbocycles. The fraction of sp³-hybridized carbons (Fsp3) is 0.500. The Labute approximate surface area is 164 Å². The molecule has 1 saturated heterocycles. The molecule has 6 nitrogen and oxygen atoms in total. The summed E-state index contributed by atoms with van der Waals surface area (Å²) in [5.41, 5.74) is 2.63. The monoisotopic (exact) mass is 382 g/mol. The molecule has 4 rings (SSSR count). The first-order valence-electron chi connectivity index (χ1n) is 10.2. The van der Waals surface area contributed by atoms with E-state index in [2.05, 4.69) is 11.9 Å². The van der Waals surface area contributed by atoms with Crippen molar-refractivity contribution in [2.45, 2.75) is 51.5 Å². The lowest BCUT2D eigenvalue weighted by molar-refractivity contribution is -0.147. The van der Waals surface area contributed by atoms with Crippen LogP contribution in [0.5, 0.6) is 0 Å². The van der Waals surface area contributed by atoms with Gasteiger partial charge in [0, 0.05) is 41.7 Å². The highest BCUT2D eigenvalue weighted by molar-refractivity contribution is 6.09. The molecule has 1 N–H and O–H groups in total. The number of nitrogens with zero attached hydrogens (tertiary/aromatic N) is 1. The van der Waals surface area contributed by atoms with Crippen LogP contribution in [0.2, 0.25) is 0 Å².